The molecular weight excluding hydrogens is 416 g/mol. The number of anilines is 1. The van der Waals surface area contributed by atoms with Crippen LogP contribution in [0.4, 0.5) is 5.69 Å². The Kier molecular flexibility index (Phi) is 9.43. The van der Waals surface area contributed by atoms with Gasteiger partial charge in [0.25, 0.3) is 0 Å². The van der Waals surface area contributed by atoms with E-state index in [1.165, 1.54) is 0 Å². The van der Waals surface area contributed by atoms with Crippen molar-refractivity contribution in [3.05, 3.63) is 29.3 Å². The molecule has 1 aromatic rings. The molecule has 0 aliphatic carbocycles. The number of carbonyl (C=O) groups is 2. The Morgan fingerprint density at radius 3 is 2.55 bits per heavy atom. The van der Waals surface area contributed by atoms with E-state index in [0.717, 1.165) is 63.1 Å². The first-order valence-electron chi connectivity index (χ1n) is 11.4. The van der Waals surface area contributed by atoms with Crippen LogP contribution < -0.4 is 10.2 Å². The number of amides is 2. The Morgan fingerprint density at radius 1 is 1.10 bits per heavy atom. The van der Waals surface area contributed by atoms with Crippen molar-refractivity contribution in [1.82, 2.24) is 15.1 Å². The van der Waals surface area contributed by atoms with Crippen molar-refractivity contribution < 1.29 is 14.3 Å². The standard InChI is InChI=1S/C23H35ClN4O3/c1-19(16-22(29)25-6-3-7-26-12-14-31-15-13-26)17-23(30)28-10-8-27(9-11-28)21-5-2-4-20(24)18-21/h2,4-5,18-19H,3,6-17H2,1H3,(H,25,29). The molecule has 172 valence electrons. The van der Waals surface area contributed by atoms with Gasteiger partial charge in [0.1, 0.15) is 0 Å². The van der Waals surface area contributed by atoms with Crippen LogP contribution in [0.5, 0.6) is 0 Å². The molecule has 7 nitrogen and oxygen atoms in total. The highest BCUT2D eigenvalue weighted by molar-refractivity contribution is 6.30. The maximum atomic E-state index is 12.7. The zero-order valence-corrected chi connectivity index (χ0v) is 19.3. The number of hydrogen-bond donors (Lipinski definition) is 1. The van der Waals surface area contributed by atoms with Crippen molar-refractivity contribution in [2.24, 2.45) is 5.92 Å². The second-order valence-corrected chi connectivity index (χ2v) is 8.96. The molecule has 2 saturated heterocycles. The summed E-state index contributed by atoms with van der Waals surface area (Å²) in [7, 11) is 0. The molecule has 1 atom stereocenters. The summed E-state index contributed by atoms with van der Waals surface area (Å²) in [5.74, 6) is 0.212. The van der Waals surface area contributed by atoms with E-state index in [4.69, 9.17) is 16.3 Å². The zero-order chi connectivity index (χ0) is 22.1. The zero-order valence-electron chi connectivity index (χ0n) is 18.5. The summed E-state index contributed by atoms with van der Waals surface area (Å²) in [4.78, 5) is 31.4. The van der Waals surface area contributed by atoms with E-state index >= 15 is 0 Å². The minimum Gasteiger partial charge on any atom is -0.379 e. The third kappa shape index (κ3) is 7.98. The summed E-state index contributed by atoms with van der Waals surface area (Å²) < 4.78 is 5.34. The van der Waals surface area contributed by atoms with E-state index in [9.17, 15) is 9.59 Å². The summed E-state index contributed by atoms with van der Waals surface area (Å²) in [5.41, 5.74) is 1.10. The van der Waals surface area contributed by atoms with Crippen molar-refractivity contribution >= 4 is 29.1 Å². The smallest absolute Gasteiger partial charge is 0.222 e. The van der Waals surface area contributed by atoms with Crippen molar-refractivity contribution in [3.8, 4) is 0 Å². The number of nitrogens with one attached hydrogen (secondary N) is 1. The van der Waals surface area contributed by atoms with Crippen molar-refractivity contribution in [3.63, 3.8) is 0 Å². The summed E-state index contributed by atoms with van der Waals surface area (Å²) in [6, 6.07) is 7.82. The lowest BCUT2D eigenvalue weighted by Gasteiger charge is -2.36. The second kappa shape index (κ2) is 12.3. The molecule has 2 fully saturated rings. The molecule has 8 heteroatoms. The lowest BCUT2D eigenvalue weighted by Crippen LogP contribution is -2.49. The van der Waals surface area contributed by atoms with Crippen LogP contribution in [-0.4, -0.2) is 87.2 Å². The number of hydrogen-bond acceptors (Lipinski definition) is 5. The molecule has 1 unspecified atom stereocenters. The van der Waals surface area contributed by atoms with Gasteiger partial charge >= 0.3 is 0 Å². The molecule has 1 N–H and O–H groups in total. The number of rotatable bonds is 9. The van der Waals surface area contributed by atoms with Crippen LogP contribution in [0.25, 0.3) is 0 Å². The Labute approximate surface area is 190 Å². The van der Waals surface area contributed by atoms with Gasteiger partial charge < -0.3 is 19.9 Å². The van der Waals surface area contributed by atoms with E-state index in [-0.39, 0.29) is 17.7 Å². The van der Waals surface area contributed by atoms with Gasteiger partial charge in [-0.05, 0) is 37.1 Å². The first-order valence-corrected chi connectivity index (χ1v) is 11.7. The Balaban J connectivity index is 1.29. The summed E-state index contributed by atoms with van der Waals surface area (Å²) in [5, 5.41) is 3.72. The second-order valence-electron chi connectivity index (χ2n) is 8.52. The van der Waals surface area contributed by atoms with E-state index in [2.05, 4.69) is 15.1 Å². The van der Waals surface area contributed by atoms with Crippen LogP contribution >= 0.6 is 11.6 Å². The number of morpholine rings is 1. The summed E-state index contributed by atoms with van der Waals surface area (Å²) in [6.45, 7) is 10.2. The van der Waals surface area contributed by atoms with E-state index in [1.807, 2.05) is 36.1 Å². The topological polar surface area (TPSA) is 65.1 Å². The molecule has 0 saturated carbocycles. The van der Waals surface area contributed by atoms with Crippen molar-refractivity contribution in [2.45, 2.75) is 26.2 Å². The predicted octanol–water partition coefficient (Wildman–Crippen LogP) is 2.24. The van der Waals surface area contributed by atoms with Gasteiger partial charge in [0.05, 0.1) is 13.2 Å². The number of nitrogens with zero attached hydrogens (tertiary/aromatic N) is 3. The van der Waals surface area contributed by atoms with E-state index < -0.39 is 0 Å². The molecule has 31 heavy (non-hydrogen) atoms. The molecule has 2 aliphatic rings. The fourth-order valence-corrected chi connectivity index (χ4v) is 4.31. The van der Waals surface area contributed by atoms with Crippen molar-refractivity contribution in [2.75, 3.05) is 70.5 Å². The SMILES string of the molecule is CC(CC(=O)NCCCN1CCOCC1)CC(=O)N1CCN(c2cccc(Cl)c2)CC1. The number of ether oxygens (including phenoxy) is 1. The van der Waals surface area contributed by atoms with Gasteiger partial charge in [-0.1, -0.05) is 24.6 Å². The minimum absolute atomic E-state index is 0.0352. The fourth-order valence-electron chi connectivity index (χ4n) is 4.13. The molecule has 0 radical (unpaired) electrons. The maximum absolute atomic E-state index is 12.7. The van der Waals surface area contributed by atoms with Gasteiger partial charge in [-0.3, -0.25) is 14.5 Å². The highest BCUT2D eigenvalue weighted by atomic mass is 35.5. The number of halogens is 1. The molecule has 0 spiro atoms. The molecule has 2 aliphatic heterocycles. The average Bonchev–Trinajstić information content (AvgIpc) is 2.77. The van der Waals surface area contributed by atoms with Crippen LogP contribution in [0.2, 0.25) is 5.02 Å². The van der Waals surface area contributed by atoms with Crippen LogP contribution in [0.15, 0.2) is 24.3 Å². The third-order valence-corrected chi connectivity index (χ3v) is 6.17. The Morgan fingerprint density at radius 2 is 1.84 bits per heavy atom. The average molecular weight is 451 g/mol. The quantitative estimate of drug-likeness (QED) is 0.584. The van der Waals surface area contributed by atoms with Crippen LogP contribution in [0.3, 0.4) is 0 Å². The predicted molar refractivity (Wildman–Crippen MR) is 124 cm³/mol. The van der Waals surface area contributed by atoms with E-state index in [0.29, 0.717) is 32.5 Å². The van der Waals surface area contributed by atoms with Gasteiger partial charge in [0.15, 0.2) is 0 Å². The molecule has 2 heterocycles. The lowest BCUT2D eigenvalue weighted by molar-refractivity contribution is -0.132. The highest BCUT2D eigenvalue weighted by Crippen LogP contribution is 2.21. The molecule has 2 amide bonds. The Hall–Kier alpha value is -1.83. The monoisotopic (exact) mass is 450 g/mol. The normalized spacial score (nSPS) is 18.6. The van der Waals surface area contributed by atoms with Gasteiger partial charge in [0, 0.05) is 69.4 Å². The van der Waals surface area contributed by atoms with Gasteiger partial charge in [-0.2, -0.15) is 0 Å². The third-order valence-electron chi connectivity index (χ3n) is 5.94. The molecule has 3 rings (SSSR count). The van der Waals surface area contributed by atoms with Crippen LogP contribution in [0.1, 0.15) is 26.2 Å². The highest BCUT2D eigenvalue weighted by Gasteiger charge is 2.23. The first kappa shape index (κ1) is 23.8. The van der Waals surface area contributed by atoms with Crippen LogP contribution in [-0.2, 0) is 14.3 Å². The fraction of sp³-hybridized carbons (Fsp3) is 0.652. The molecule has 0 bridgehead atoms. The van der Waals surface area contributed by atoms with Gasteiger partial charge in [0.2, 0.25) is 11.8 Å². The molecular formula is C23H35ClN4O3. The number of carbonyl (C=O) groups excluding carboxylic acids is 2. The first-order chi connectivity index (χ1) is 15.0. The van der Waals surface area contributed by atoms with Gasteiger partial charge in [-0.15, -0.1) is 0 Å². The largest absolute Gasteiger partial charge is 0.379 e. The minimum atomic E-state index is 0.0352. The number of benzene rings is 1. The molecule has 0 aromatic heterocycles. The lowest BCUT2D eigenvalue weighted by atomic mass is 10.0. The summed E-state index contributed by atoms with van der Waals surface area (Å²) >= 11 is 6.09. The van der Waals surface area contributed by atoms with Crippen molar-refractivity contribution in [1.29, 1.82) is 0 Å². The van der Waals surface area contributed by atoms with Gasteiger partial charge in [-0.25, -0.2) is 0 Å². The summed E-state index contributed by atoms with van der Waals surface area (Å²) in [6.07, 6.45) is 1.75. The Bertz CT molecular complexity index is 719. The molecule has 1 aromatic carbocycles. The maximum Gasteiger partial charge on any atom is 0.222 e. The number of piperazine rings is 1. The van der Waals surface area contributed by atoms with Crippen LogP contribution in [0, 0.1) is 5.92 Å². The van der Waals surface area contributed by atoms with E-state index in [1.54, 1.807) is 0 Å².